The number of nitrogens with zero attached hydrogens (tertiary/aromatic N) is 6. The lowest BCUT2D eigenvalue weighted by Crippen LogP contribution is -2.35. The average Bonchev–Trinajstić information content (AvgIpc) is 3.27. The molecule has 7 nitrogen and oxygen atoms in total. The van der Waals surface area contributed by atoms with Crippen LogP contribution in [-0.4, -0.2) is 38.2 Å². The van der Waals surface area contributed by atoms with Crippen LogP contribution >= 0.6 is 11.6 Å². The Kier molecular flexibility index (Phi) is 4.17. The van der Waals surface area contributed by atoms with Crippen LogP contribution in [0.5, 0.6) is 0 Å². The molecule has 0 amide bonds. The van der Waals surface area contributed by atoms with Crippen LogP contribution in [0.25, 0.3) is 11.4 Å². The Bertz CT molecular complexity index is 795. The quantitative estimate of drug-likeness (QED) is 0.724. The molecule has 1 aliphatic rings. The molecule has 0 saturated carbocycles. The van der Waals surface area contributed by atoms with Gasteiger partial charge in [0.1, 0.15) is 0 Å². The van der Waals surface area contributed by atoms with Crippen LogP contribution in [0.15, 0.2) is 41.2 Å². The zero-order chi connectivity index (χ0) is 16.4. The summed E-state index contributed by atoms with van der Waals surface area (Å²) >= 11 is 6.02. The van der Waals surface area contributed by atoms with Crippen LogP contribution in [0.2, 0.25) is 5.02 Å². The summed E-state index contributed by atoms with van der Waals surface area (Å²) in [7, 11) is 0. The van der Waals surface area contributed by atoms with Gasteiger partial charge in [-0.3, -0.25) is 4.68 Å². The van der Waals surface area contributed by atoms with Crippen LogP contribution in [0.1, 0.15) is 12.8 Å². The monoisotopic (exact) mass is 344 g/mol. The smallest absolute Gasteiger partial charge is 0.324 e. The van der Waals surface area contributed by atoms with Crippen molar-refractivity contribution in [3.05, 3.63) is 41.7 Å². The summed E-state index contributed by atoms with van der Waals surface area (Å²) in [5, 5.41) is 12.6. The molecular weight excluding hydrogens is 328 g/mol. The first-order valence-electron chi connectivity index (χ1n) is 7.96. The Morgan fingerprint density at radius 3 is 2.88 bits per heavy atom. The van der Waals surface area contributed by atoms with E-state index in [1.807, 2.05) is 35.1 Å². The number of aromatic nitrogens is 5. The molecule has 0 N–H and O–H groups in total. The number of hydrogen-bond acceptors (Lipinski definition) is 6. The fourth-order valence-corrected chi connectivity index (χ4v) is 3.18. The van der Waals surface area contributed by atoms with E-state index >= 15 is 0 Å². The Morgan fingerprint density at radius 2 is 2.12 bits per heavy atom. The number of benzene rings is 1. The summed E-state index contributed by atoms with van der Waals surface area (Å²) in [5.41, 5.74) is 0.860. The van der Waals surface area contributed by atoms with Gasteiger partial charge in [-0.25, -0.2) is 0 Å². The summed E-state index contributed by atoms with van der Waals surface area (Å²) < 4.78 is 7.33. The molecule has 4 rings (SSSR count). The van der Waals surface area contributed by atoms with Gasteiger partial charge in [0.2, 0.25) is 5.82 Å². The minimum atomic E-state index is 0.567. The highest BCUT2D eigenvalue weighted by Crippen LogP contribution is 2.26. The van der Waals surface area contributed by atoms with Crippen LogP contribution in [0.4, 0.5) is 6.01 Å². The van der Waals surface area contributed by atoms with Crippen LogP contribution in [0.3, 0.4) is 0 Å². The predicted octanol–water partition coefficient (Wildman–Crippen LogP) is 2.90. The third kappa shape index (κ3) is 3.26. The van der Waals surface area contributed by atoms with E-state index in [-0.39, 0.29) is 0 Å². The molecule has 0 bridgehead atoms. The number of halogens is 1. The SMILES string of the molecule is Clc1cccc(-c2noc(N3CCC(Cn4ccnn4)CC3)n2)c1. The Balaban J connectivity index is 1.39. The minimum absolute atomic E-state index is 0.567. The molecule has 1 fully saturated rings. The third-order valence-electron chi connectivity index (χ3n) is 4.30. The highest BCUT2D eigenvalue weighted by Gasteiger charge is 2.23. The van der Waals surface area contributed by atoms with Gasteiger partial charge in [-0.05, 0) is 30.9 Å². The van der Waals surface area contributed by atoms with Gasteiger partial charge in [0.05, 0.1) is 6.20 Å². The largest absolute Gasteiger partial charge is 0.324 e. The van der Waals surface area contributed by atoms with E-state index in [4.69, 9.17) is 16.1 Å². The Labute approximate surface area is 144 Å². The van der Waals surface area contributed by atoms with Crippen molar-refractivity contribution in [2.24, 2.45) is 5.92 Å². The van der Waals surface area contributed by atoms with Crippen molar-refractivity contribution in [1.82, 2.24) is 25.1 Å². The van der Waals surface area contributed by atoms with E-state index < -0.39 is 0 Å². The third-order valence-corrected chi connectivity index (χ3v) is 4.54. The van der Waals surface area contributed by atoms with Crippen molar-refractivity contribution in [1.29, 1.82) is 0 Å². The van der Waals surface area contributed by atoms with Crippen molar-refractivity contribution >= 4 is 17.6 Å². The summed E-state index contributed by atoms with van der Waals surface area (Å²) in [6.45, 7) is 2.71. The molecule has 0 aliphatic carbocycles. The number of hydrogen-bond donors (Lipinski definition) is 0. The molecular formula is C16H17ClN6O. The second-order valence-electron chi connectivity index (χ2n) is 5.97. The zero-order valence-corrected chi connectivity index (χ0v) is 13.8. The highest BCUT2D eigenvalue weighted by atomic mass is 35.5. The normalized spacial score (nSPS) is 15.8. The highest BCUT2D eigenvalue weighted by molar-refractivity contribution is 6.30. The second kappa shape index (κ2) is 6.60. The predicted molar refractivity (Wildman–Crippen MR) is 89.7 cm³/mol. The summed E-state index contributed by atoms with van der Waals surface area (Å²) in [6.07, 6.45) is 5.75. The summed E-state index contributed by atoms with van der Waals surface area (Å²) in [5.74, 6) is 1.16. The van der Waals surface area contributed by atoms with Gasteiger partial charge in [0, 0.05) is 36.4 Å². The maximum absolute atomic E-state index is 6.02. The molecule has 24 heavy (non-hydrogen) atoms. The first-order valence-corrected chi connectivity index (χ1v) is 8.34. The van der Waals surface area contributed by atoms with E-state index in [9.17, 15) is 0 Å². The van der Waals surface area contributed by atoms with Crippen LogP contribution in [0, 0.1) is 5.92 Å². The van der Waals surface area contributed by atoms with E-state index in [0.717, 1.165) is 38.0 Å². The fraction of sp³-hybridized carbons (Fsp3) is 0.375. The molecule has 0 unspecified atom stereocenters. The molecule has 8 heteroatoms. The van der Waals surface area contributed by atoms with Crippen molar-refractivity contribution in [2.45, 2.75) is 19.4 Å². The molecule has 0 radical (unpaired) electrons. The molecule has 2 aromatic heterocycles. The Morgan fingerprint density at radius 1 is 1.25 bits per heavy atom. The number of rotatable bonds is 4. The molecule has 3 heterocycles. The van der Waals surface area contributed by atoms with Gasteiger partial charge in [0.15, 0.2) is 0 Å². The van der Waals surface area contributed by atoms with Gasteiger partial charge < -0.3 is 9.42 Å². The lowest BCUT2D eigenvalue weighted by molar-refractivity contribution is 0.322. The molecule has 1 aliphatic heterocycles. The molecule has 0 spiro atoms. The number of piperidine rings is 1. The van der Waals surface area contributed by atoms with E-state index in [2.05, 4.69) is 25.4 Å². The average molecular weight is 345 g/mol. The molecule has 1 aromatic carbocycles. The lowest BCUT2D eigenvalue weighted by atomic mass is 9.97. The number of anilines is 1. The topological polar surface area (TPSA) is 72.9 Å². The summed E-state index contributed by atoms with van der Waals surface area (Å²) in [4.78, 5) is 6.65. The molecule has 1 saturated heterocycles. The Hall–Kier alpha value is -2.41. The van der Waals surface area contributed by atoms with Gasteiger partial charge >= 0.3 is 6.01 Å². The maximum Gasteiger partial charge on any atom is 0.324 e. The maximum atomic E-state index is 6.02. The minimum Gasteiger partial charge on any atom is -0.324 e. The molecule has 3 aromatic rings. The van der Waals surface area contributed by atoms with Crippen molar-refractivity contribution in [2.75, 3.05) is 18.0 Å². The van der Waals surface area contributed by atoms with E-state index in [1.54, 1.807) is 6.20 Å². The molecule has 0 atom stereocenters. The fourth-order valence-electron chi connectivity index (χ4n) is 2.99. The van der Waals surface area contributed by atoms with Crippen LogP contribution in [-0.2, 0) is 6.54 Å². The summed E-state index contributed by atoms with van der Waals surface area (Å²) in [6, 6.07) is 8.03. The van der Waals surface area contributed by atoms with Gasteiger partial charge in [-0.2, -0.15) is 4.98 Å². The van der Waals surface area contributed by atoms with Crippen molar-refractivity contribution in [3.63, 3.8) is 0 Å². The van der Waals surface area contributed by atoms with E-state index in [1.165, 1.54) is 0 Å². The first kappa shape index (κ1) is 15.1. The second-order valence-corrected chi connectivity index (χ2v) is 6.40. The van der Waals surface area contributed by atoms with Gasteiger partial charge in [-0.15, -0.1) is 5.10 Å². The standard InChI is InChI=1S/C16H17ClN6O/c17-14-3-1-2-13(10-14)15-19-16(24-20-15)22-7-4-12(5-8-22)11-23-9-6-18-21-23/h1-3,6,9-10,12H,4-5,7-8,11H2. The van der Waals surface area contributed by atoms with Gasteiger partial charge in [0.25, 0.3) is 0 Å². The van der Waals surface area contributed by atoms with Crippen molar-refractivity contribution in [3.8, 4) is 11.4 Å². The van der Waals surface area contributed by atoms with Crippen molar-refractivity contribution < 1.29 is 4.52 Å². The zero-order valence-electron chi connectivity index (χ0n) is 13.0. The first-order chi connectivity index (χ1) is 11.8. The lowest BCUT2D eigenvalue weighted by Gasteiger charge is -2.30. The van der Waals surface area contributed by atoms with E-state index in [0.29, 0.717) is 22.8 Å². The van der Waals surface area contributed by atoms with Crippen LogP contribution < -0.4 is 4.90 Å². The molecule has 124 valence electrons. The van der Waals surface area contributed by atoms with Gasteiger partial charge in [-0.1, -0.05) is 34.1 Å².